The van der Waals surface area contributed by atoms with Crippen molar-refractivity contribution < 1.29 is 0 Å². The Kier molecular flexibility index (Phi) is 4.62. The highest BCUT2D eigenvalue weighted by Gasteiger charge is 2.38. The van der Waals surface area contributed by atoms with Crippen molar-refractivity contribution in [2.24, 2.45) is 9.98 Å². The third-order valence-corrected chi connectivity index (χ3v) is 4.72. The number of rotatable bonds is 4. The van der Waals surface area contributed by atoms with E-state index in [1.165, 1.54) is 31.4 Å². The van der Waals surface area contributed by atoms with E-state index in [2.05, 4.69) is 38.1 Å². The van der Waals surface area contributed by atoms with Crippen LogP contribution >= 0.6 is 11.6 Å². The van der Waals surface area contributed by atoms with Crippen molar-refractivity contribution >= 4 is 29.9 Å². The van der Waals surface area contributed by atoms with Crippen molar-refractivity contribution in [3.8, 4) is 0 Å². The summed E-state index contributed by atoms with van der Waals surface area (Å²) in [5.74, 6) is 0.923. The van der Waals surface area contributed by atoms with Gasteiger partial charge in [-0.1, -0.05) is 19.8 Å². The van der Waals surface area contributed by atoms with Crippen molar-refractivity contribution in [3.05, 3.63) is 24.4 Å². The first-order valence-corrected chi connectivity index (χ1v) is 8.43. The van der Waals surface area contributed by atoms with Gasteiger partial charge in [-0.2, -0.15) is 0 Å². The predicted octanol–water partition coefficient (Wildman–Crippen LogP) is 3.69. The quantitative estimate of drug-likeness (QED) is 0.483. The molecule has 3 rings (SSSR count). The molecular weight excluding hydrogens is 298 g/mol. The smallest absolute Gasteiger partial charge is 0.151 e. The molecule has 0 saturated heterocycles. The number of hydrogen-bond donors (Lipinski definition) is 0. The molecule has 1 aliphatic heterocycles. The molecule has 2 aliphatic rings. The highest BCUT2D eigenvalue weighted by Crippen LogP contribution is 2.39. The van der Waals surface area contributed by atoms with Gasteiger partial charge < -0.3 is 4.90 Å². The van der Waals surface area contributed by atoms with Crippen LogP contribution in [0.1, 0.15) is 50.8 Å². The first-order chi connectivity index (χ1) is 10.8. The van der Waals surface area contributed by atoms with E-state index >= 15 is 0 Å². The standard InChI is InChI=1S/C16H22ClN5/c1-3-13-14-9-19-11-21(14)15(8-18-2)16(20-10-17)22(13)12-6-4-5-7-12/h8-9,11-13H,2-7,10H2,1H3/b15-8+,20-16+. The van der Waals surface area contributed by atoms with Gasteiger partial charge in [0.15, 0.2) is 5.84 Å². The minimum Gasteiger partial charge on any atom is -0.344 e. The summed E-state index contributed by atoms with van der Waals surface area (Å²) in [4.78, 5) is 15.3. The van der Waals surface area contributed by atoms with Gasteiger partial charge in [0.2, 0.25) is 0 Å². The van der Waals surface area contributed by atoms with Crippen LogP contribution in [-0.2, 0) is 0 Å². The van der Waals surface area contributed by atoms with Crippen LogP contribution < -0.4 is 0 Å². The summed E-state index contributed by atoms with van der Waals surface area (Å²) >= 11 is 5.95. The molecule has 5 nitrogen and oxygen atoms in total. The Morgan fingerprint density at radius 3 is 2.86 bits per heavy atom. The van der Waals surface area contributed by atoms with E-state index in [4.69, 9.17) is 11.6 Å². The maximum absolute atomic E-state index is 5.95. The van der Waals surface area contributed by atoms with Crippen LogP contribution in [0.5, 0.6) is 0 Å². The Morgan fingerprint density at radius 1 is 1.45 bits per heavy atom. The molecule has 118 valence electrons. The number of fused-ring (bicyclic) bond motifs is 1. The molecular formula is C16H22ClN5. The van der Waals surface area contributed by atoms with Gasteiger partial charge in [0.1, 0.15) is 11.7 Å². The lowest BCUT2D eigenvalue weighted by Crippen LogP contribution is -2.46. The van der Waals surface area contributed by atoms with Gasteiger partial charge in [-0.15, -0.1) is 11.6 Å². The number of amidine groups is 1. The van der Waals surface area contributed by atoms with Gasteiger partial charge in [0, 0.05) is 6.04 Å². The monoisotopic (exact) mass is 319 g/mol. The molecule has 0 amide bonds. The molecule has 6 heteroatoms. The van der Waals surface area contributed by atoms with Crippen LogP contribution in [-0.4, -0.2) is 39.0 Å². The molecule has 1 aliphatic carbocycles. The zero-order valence-corrected chi connectivity index (χ0v) is 13.7. The van der Waals surface area contributed by atoms with Crippen LogP contribution in [0.4, 0.5) is 0 Å². The van der Waals surface area contributed by atoms with Crippen molar-refractivity contribution in [2.75, 3.05) is 6.00 Å². The maximum atomic E-state index is 5.95. The average molecular weight is 320 g/mol. The summed E-state index contributed by atoms with van der Waals surface area (Å²) in [6.45, 7) is 5.81. The lowest BCUT2D eigenvalue weighted by Gasteiger charge is -2.43. The lowest BCUT2D eigenvalue weighted by molar-refractivity contribution is 0.222. The highest BCUT2D eigenvalue weighted by molar-refractivity contribution is 6.22. The number of halogens is 1. The van der Waals surface area contributed by atoms with Gasteiger partial charge in [-0.05, 0) is 26.0 Å². The van der Waals surface area contributed by atoms with E-state index in [-0.39, 0.29) is 12.0 Å². The largest absolute Gasteiger partial charge is 0.344 e. The van der Waals surface area contributed by atoms with Crippen LogP contribution in [0.2, 0.25) is 0 Å². The Labute approximate surface area is 136 Å². The topological polar surface area (TPSA) is 45.8 Å². The van der Waals surface area contributed by atoms with Crippen molar-refractivity contribution in [1.82, 2.24) is 14.5 Å². The van der Waals surface area contributed by atoms with E-state index in [9.17, 15) is 0 Å². The van der Waals surface area contributed by atoms with Crippen molar-refractivity contribution in [1.29, 1.82) is 0 Å². The second-order valence-corrected chi connectivity index (χ2v) is 6.00. The summed E-state index contributed by atoms with van der Waals surface area (Å²) in [5, 5.41) is 0. The average Bonchev–Trinajstić information content (AvgIpc) is 3.19. The third-order valence-electron chi connectivity index (χ3n) is 4.61. The summed E-state index contributed by atoms with van der Waals surface area (Å²) in [6, 6.07) is 1.05. The van der Waals surface area contributed by atoms with Crippen molar-refractivity contribution in [3.63, 3.8) is 0 Å². The Balaban J connectivity index is 2.15. The molecule has 2 heterocycles. The molecule has 0 bridgehead atoms. The van der Waals surface area contributed by atoms with Gasteiger partial charge >= 0.3 is 0 Å². The fourth-order valence-corrected chi connectivity index (χ4v) is 3.84. The third kappa shape index (κ3) is 2.47. The van der Waals surface area contributed by atoms with E-state index in [1.54, 1.807) is 6.20 Å². The summed E-state index contributed by atoms with van der Waals surface area (Å²) in [5.41, 5.74) is 2.11. The molecule has 0 spiro atoms. The van der Waals surface area contributed by atoms with Gasteiger partial charge in [-0.3, -0.25) is 14.6 Å². The second kappa shape index (κ2) is 6.65. The summed E-state index contributed by atoms with van der Waals surface area (Å²) < 4.78 is 2.07. The molecule has 1 atom stereocenters. The zero-order valence-electron chi connectivity index (χ0n) is 13.0. The van der Waals surface area contributed by atoms with E-state index in [0.29, 0.717) is 6.04 Å². The molecule has 22 heavy (non-hydrogen) atoms. The number of aromatic nitrogens is 2. The molecule has 1 aromatic rings. The van der Waals surface area contributed by atoms with Crippen molar-refractivity contribution in [2.45, 2.75) is 51.1 Å². The molecule has 0 radical (unpaired) electrons. The Morgan fingerprint density at radius 2 is 2.23 bits per heavy atom. The number of alkyl halides is 1. The molecule has 0 N–H and O–H groups in total. The van der Waals surface area contributed by atoms with E-state index in [0.717, 1.165) is 18.0 Å². The van der Waals surface area contributed by atoms with E-state index < -0.39 is 0 Å². The molecule has 1 saturated carbocycles. The Hall–Kier alpha value is -1.62. The highest BCUT2D eigenvalue weighted by atomic mass is 35.5. The minimum absolute atomic E-state index is 0.244. The van der Waals surface area contributed by atoms with Crippen LogP contribution in [0.15, 0.2) is 28.7 Å². The van der Waals surface area contributed by atoms with Crippen LogP contribution in [0, 0.1) is 0 Å². The molecule has 0 aromatic carbocycles. The SMILES string of the molecule is C=N/C=C1\C(=N/CCl)N(C2CCCC2)C(CC)c2cncn21. The number of imidazole rings is 1. The molecule has 1 fully saturated rings. The first-order valence-electron chi connectivity index (χ1n) is 7.89. The second-order valence-electron chi connectivity index (χ2n) is 5.76. The van der Waals surface area contributed by atoms with Crippen LogP contribution in [0.3, 0.4) is 0 Å². The fourth-order valence-electron chi connectivity index (χ4n) is 3.72. The number of aliphatic imine (C=N–C) groups is 2. The predicted molar refractivity (Wildman–Crippen MR) is 91.3 cm³/mol. The fraction of sp³-hybridized carbons (Fsp3) is 0.562. The minimum atomic E-state index is 0.244. The normalized spacial score (nSPS) is 25.9. The van der Waals surface area contributed by atoms with Gasteiger partial charge in [-0.25, -0.2) is 4.98 Å². The first kappa shape index (κ1) is 15.3. The summed E-state index contributed by atoms with van der Waals surface area (Å²) in [7, 11) is 0. The maximum Gasteiger partial charge on any atom is 0.151 e. The van der Waals surface area contributed by atoms with Gasteiger partial charge in [0.25, 0.3) is 0 Å². The summed E-state index contributed by atoms with van der Waals surface area (Å²) in [6.07, 6.45) is 11.5. The van der Waals surface area contributed by atoms with Gasteiger partial charge in [0.05, 0.1) is 30.5 Å². The zero-order chi connectivity index (χ0) is 15.5. The Bertz CT molecular complexity index is 597. The number of nitrogens with zero attached hydrogens (tertiary/aromatic N) is 5. The number of hydrogen-bond acceptors (Lipinski definition) is 3. The molecule has 1 aromatic heterocycles. The van der Waals surface area contributed by atoms with E-state index in [1.807, 2.05) is 12.5 Å². The van der Waals surface area contributed by atoms with Crippen LogP contribution in [0.25, 0.3) is 5.70 Å². The lowest BCUT2D eigenvalue weighted by atomic mass is 10.0. The molecule has 1 unspecified atom stereocenters.